The molecule has 1 amide bonds. The lowest BCUT2D eigenvalue weighted by Crippen LogP contribution is -2.24. The first-order valence-electron chi connectivity index (χ1n) is 10.8. The fraction of sp³-hybridized carbons (Fsp3) is 0.222. The van der Waals surface area contributed by atoms with Gasteiger partial charge in [0.15, 0.2) is 0 Å². The van der Waals surface area contributed by atoms with Crippen LogP contribution in [0.4, 0.5) is 13.2 Å². The lowest BCUT2D eigenvalue weighted by molar-refractivity contribution is -0.117. The fourth-order valence-corrected chi connectivity index (χ4v) is 4.18. The minimum Gasteiger partial charge on any atom is -0.512 e. The zero-order valence-corrected chi connectivity index (χ0v) is 19.5. The van der Waals surface area contributed by atoms with Gasteiger partial charge in [0.05, 0.1) is 17.7 Å². The quantitative estimate of drug-likeness (QED) is 0.320. The molecule has 1 atom stereocenters. The number of nitrogens with one attached hydrogen (secondary N) is 1. The minimum atomic E-state index is -4.59. The smallest absolute Gasteiger partial charge is 0.416 e. The molecular formula is C27H26F3NO2S. The van der Waals surface area contributed by atoms with E-state index in [1.807, 2.05) is 47.8 Å². The lowest BCUT2D eigenvalue weighted by Gasteiger charge is -2.21. The Morgan fingerprint density at radius 2 is 1.94 bits per heavy atom. The van der Waals surface area contributed by atoms with Crippen molar-refractivity contribution in [3.63, 3.8) is 0 Å². The molecule has 0 bridgehead atoms. The van der Waals surface area contributed by atoms with Gasteiger partial charge in [-0.2, -0.15) is 13.2 Å². The average molecular weight is 486 g/mol. The molecule has 34 heavy (non-hydrogen) atoms. The summed E-state index contributed by atoms with van der Waals surface area (Å²) in [7, 11) is 0. The molecule has 0 aliphatic heterocycles. The van der Waals surface area contributed by atoms with E-state index in [-0.39, 0.29) is 29.7 Å². The molecule has 0 spiro atoms. The van der Waals surface area contributed by atoms with Gasteiger partial charge in [-0.3, -0.25) is 4.79 Å². The summed E-state index contributed by atoms with van der Waals surface area (Å²) in [5.74, 6) is -1.40. The molecule has 3 rings (SSSR count). The molecule has 0 saturated heterocycles. The minimum absolute atomic E-state index is 0.0827. The molecule has 1 heterocycles. The highest BCUT2D eigenvalue weighted by atomic mass is 32.1. The van der Waals surface area contributed by atoms with E-state index >= 15 is 0 Å². The van der Waals surface area contributed by atoms with Gasteiger partial charge in [0.25, 0.3) is 5.91 Å². The summed E-state index contributed by atoms with van der Waals surface area (Å²) in [6.07, 6.45) is 1.71. The largest absolute Gasteiger partial charge is 0.512 e. The molecule has 0 saturated carbocycles. The SMILES string of the molecule is C=C1C(C(F)(F)F)=CC(/C=C/c2ccccc2)=CC[C@@H]1C/C(O)=C(\C)C(=O)NCc1cccs1. The Bertz CT molecular complexity index is 1140. The number of halogens is 3. The number of rotatable bonds is 7. The zero-order valence-electron chi connectivity index (χ0n) is 18.7. The van der Waals surface area contributed by atoms with Crippen LogP contribution >= 0.6 is 11.3 Å². The molecule has 1 aromatic carbocycles. The van der Waals surface area contributed by atoms with Gasteiger partial charge in [0.1, 0.15) is 5.76 Å². The van der Waals surface area contributed by atoms with Crippen molar-refractivity contribution in [1.29, 1.82) is 0 Å². The number of carbonyl (C=O) groups excluding carboxylic acids is 1. The zero-order chi connectivity index (χ0) is 24.7. The third-order valence-corrected chi connectivity index (χ3v) is 6.45. The number of alkyl halides is 3. The van der Waals surface area contributed by atoms with Gasteiger partial charge in [0.2, 0.25) is 0 Å². The van der Waals surface area contributed by atoms with Crippen LogP contribution in [-0.2, 0) is 11.3 Å². The second-order valence-electron chi connectivity index (χ2n) is 8.00. The second kappa shape index (κ2) is 11.2. The maximum atomic E-state index is 13.8. The third kappa shape index (κ3) is 6.84. The van der Waals surface area contributed by atoms with E-state index in [0.717, 1.165) is 16.5 Å². The predicted octanol–water partition coefficient (Wildman–Crippen LogP) is 7.29. The van der Waals surface area contributed by atoms with Crippen molar-refractivity contribution in [2.45, 2.75) is 32.5 Å². The number of carbonyl (C=O) groups is 1. The highest BCUT2D eigenvalue weighted by molar-refractivity contribution is 7.09. The second-order valence-corrected chi connectivity index (χ2v) is 9.03. The molecule has 1 aromatic heterocycles. The van der Waals surface area contributed by atoms with E-state index in [4.69, 9.17) is 0 Å². The van der Waals surface area contributed by atoms with Gasteiger partial charge in [-0.1, -0.05) is 61.2 Å². The first-order valence-corrected chi connectivity index (χ1v) is 11.6. The van der Waals surface area contributed by atoms with Crippen molar-refractivity contribution in [2.24, 2.45) is 5.92 Å². The Balaban J connectivity index is 1.78. The summed E-state index contributed by atoms with van der Waals surface area (Å²) < 4.78 is 41.5. The molecule has 0 fully saturated rings. The number of amides is 1. The summed E-state index contributed by atoms with van der Waals surface area (Å²) in [6, 6.07) is 13.0. The monoisotopic (exact) mass is 485 g/mol. The van der Waals surface area contributed by atoms with Crippen molar-refractivity contribution in [3.05, 3.63) is 111 Å². The molecule has 178 valence electrons. The number of aliphatic hydroxyl groups excluding tert-OH is 1. The Hall–Kier alpha value is -3.32. The average Bonchev–Trinajstić information content (AvgIpc) is 3.28. The lowest BCUT2D eigenvalue weighted by atomic mass is 9.88. The van der Waals surface area contributed by atoms with Gasteiger partial charge in [-0.05, 0) is 53.5 Å². The number of thiophene rings is 1. The van der Waals surface area contributed by atoms with Crippen LogP contribution in [0.15, 0.2) is 101 Å². The van der Waals surface area contributed by atoms with Gasteiger partial charge < -0.3 is 10.4 Å². The van der Waals surface area contributed by atoms with Crippen molar-refractivity contribution >= 4 is 23.3 Å². The topological polar surface area (TPSA) is 49.3 Å². The van der Waals surface area contributed by atoms with Gasteiger partial charge in [-0.25, -0.2) is 0 Å². The van der Waals surface area contributed by atoms with Crippen LogP contribution in [0.3, 0.4) is 0 Å². The molecular weight excluding hydrogens is 459 g/mol. The fourth-order valence-electron chi connectivity index (χ4n) is 3.53. The maximum Gasteiger partial charge on any atom is 0.416 e. The molecule has 2 N–H and O–H groups in total. The highest BCUT2D eigenvalue weighted by Crippen LogP contribution is 2.40. The maximum absolute atomic E-state index is 13.8. The molecule has 0 unspecified atom stereocenters. The van der Waals surface area contributed by atoms with Crippen LogP contribution < -0.4 is 5.32 Å². The van der Waals surface area contributed by atoms with Crippen molar-refractivity contribution in [3.8, 4) is 0 Å². The Labute approximate surface area is 201 Å². The number of hydrogen-bond acceptors (Lipinski definition) is 3. The Morgan fingerprint density at radius 3 is 2.59 bits per heavy atom. The summed E-state index contributed by atoms with van der Waals surface area (Å²) >= 11 is 1.49. The summed E-state index contributed by atoms with van der Waals surface area (Å²) in [5.41, 5.74) is 0.430. The normalized spacial score (nSPS) is 17.6. The summed E-state index contributed by atoms with van der Waals surface area (Å²) in [5, 5.41) is 15.2. The van der Waals surface area contributed by atoms with Gasteiger partial charge >= 0.3 is 6.18 Å². The van der Waals surface area contributed by atoms with Gasteiger partial charge in [0, 0.05) is 11.3 Å². The molecule has 1 aliphatic carbocycles. The van der Waals surface area contributed by atoms with E-state index in [1.54, 1.807) is 18.2 Å². The third-order valence-electron chi connectivity index (χ3n) is 5.58. The molecule has 2 aromatic rings. The summed E-state index contributed by atoms with van der Waals surface area (Å²) in [4.78, 5) is 13.4. The van der Waals surface area contributed by atoms with Crippen LogP contribution in [0.5, 0.6) is 0 Å². The first-order chi connectivity index (χ1) is 16.1. The van der Waals surface area contributed by atoms with Crippen molar-refractivity contribution in [2.75, 3.05) is 0 Å². The first kappa shape index (κ1) is 25.3. The molecule has 7 heteroatoms. The standard InChI is InChI=1S/C27H26F3NO2S/c1-18-22(16-25(32)19(2)26(33)31-17-23-9-6-14-34-23)13-12-21(15-24(18)27(28,29)30)11-10-20-7-4-3-5-8-20/h3-12,14-15,22,32H,1,13,16-17H2,2H3,(H,31,33)/b11-10+,25-19-/t22-/m1/s1. The molecule has 3 nitrogen and oxygen atoms in total. The van der Waals surface area contributed by atoms with E-state index in [9.17, 15) is 23.1 Å². The van der Waals surface area contributed by atoms with Crippen molar-refractivity contribution in [1.82, 2.24) is 5.32 Å². The van der Waals surface area contributed by atoms with Crippen LogP contribution in [0.1, 0.15) is 30.2 Å². The van der Waals surface area contributed by atoms with Crippen LogP contribution in [0.2, 0.25) is 0 Å². The van der Waals surface area contributed by atoms with E-state index in [1.165, 1.54) is 18.3 Å². The number of allylic oxidation sites excluding steroid dienone is 7. The predicted molar refractivity (Wildman–Crippen MR) is 131 cm³/mol. The van der Waals surface area contributed by atoms with Crippen LogP contribution in [-0.4, -0.2) is 17.2 Å². The highest BCUT2D eigenvalue weighted by Gasteiger charge is 2.38. The number of aliphatic hydroxyl groups is 1. The number of benzene rings is 1. The summed E-state index contributed by atoms with van der Waals surface area (Å²) in [6.45, 7) is 5.48. The van der Waals surface area contributed by atoms with E-state index < -0.39 is 23.6 Å². The number of hydrogen-bond donors (Lipinski definition) is 2. The Morgan fingerprint density at radius 1 is 1.21 bits per heavy atom. The Kier molecular flexibility index (Phi) is 8.34. The van der Waals surface area contributed by atoms with Crippen molar-refractivity contribution < 1.29 is 23.1 Å². The van der Waals surface area contributed by atoms with Crippen LogP contribution in [0.25, 0.3) is 6.08 Å². The van der Waals surface area contributed by atoms with E-state index in [0.29, 0.717) is 12.1 Å². The molecule has 0 radical (unpaired) electrons. The molecule has 1 aliphatic rings. The van der Waals surface area contributed by atoms with Gasteiger partial charge in [-0.15, -0.1) is 11.3 Å². The van der Waals surface area contributed by atoms with Crippen LogP contribution in [0, 0.1) is 5.92 Å². The van der Waals surface area contributed by atoms with E-state index in [2.05, 4.69) is 11.9 Å².